The molecule has 1 N–H and O–H groups in total. The molecular formula is C14H18N4O2. The van der Waals surface area contributed by atoms with Gasteiger partial charge in [0, 0.05) is 31.9 Å². The minimum atomic E-state index is 0.0247. The van der Waals surface area contributed by atoms with Crippen LogP contribution >= 0.6 is 0 Å². The van der Waals surface area contributed by atoms with Crippen LogP contribution in [-0.4, -0.2) is 46.6 Å². The van der Waals surface area contributed by atoms with Crippen LogP contribution in [0.5, 0.6) is 0 Å². The Kier molecular flexibility index (Phi) is 3.40. The molecule has 106 valence electrons. The lowest BCUT2D eigenvalue weighted by molar-refractivity contribution is 0.0655. The molecular weight excluding hydrogens is 256 g/mol. The van der Waals surface area contributed by atoms with Crippen LogP contribution in [-0.2, 0) is 6.42 Å². The van der Waals surface area contributed by atoms with Crippen LogP contribution in [0.1, 0.15) is 29.9 Å². The van der Waals surface area contributed by atoms with E-state index >= 15 is 0 Å². The molecule has 1 fully saturated rings. The van der Waals surface area contributed by atoms with Crippen molar-refractivity contribution in [2.24, 2.45) is 0 Å². The van der Waals surface area contributed by atoms with Gasteiger partial charge in [-0.15, -0.1) is 0 Å². The average molecular weight is 274 g/mol. The minimum Gasteiger partial charge on any atom is -0.336 e. The zero-order valence-electron chi connectivity index (χ0n) is 11.7. The lowest BCUT2D eigenvalue weighted by atomic mass is 10.1. The molecule has 0 aromatic carbocycles. The summed E-state index contributed by atoms with van der Waals surface area (Å²) < 4.78 is 5.15. The Balaban J connectivity index is 1.94. The number of hydrogen-bond acceptors (Lipinski definition) is 5. The molecule has 0 aliphatic carbocycles. The lowest BCUT2D eigenvalue weighted by Crippen LogP contribution is -2.52. The monoisotopic (exact) mass is 274 g/mol. The van der Waals surface area contributed by atoms with Gasteiger partial charge in [-0.1, -0.05) is 12.1 Å². The van der Waals surface area contributed by atoms with Crippen LogP contribution in [0.4, 0.5) is 0 Å². The van der Waals surface area contributed by atoms with Crippen LogP contribution in [0.3, 0.4) is 0 Å². The highest BCUT2D eigenvalue weighted by molar-refractivity contribution is 5.97. The first-order chi connectivity index (χ1) is 9.70. The van der Waals surface area contributed by atoms with E-state index in [2.05, 4.69) is 15.5 Å². The van der Waals surface area contributed by atoms with Gasteiger partial charge in [0.2, 0.25) is 0 Å². The van der Waals surface area contributed by atoms with E-state index in [1.165, 1.54) is 0 Å². The molecule has 1 aliphatic rings. The molecule has 1 atom stereocenters. The van der Waals surface area contributed by atoms with Gasteiger partial charge in [0.1, 0.15) is 0 Å². The summed E-state index contributed by atoms with van der Waals surface area (Å²) in [4.78, 5) is 18.7. The molecule has 1 unspecified atom stereocenters. The first kappa shape index (κ1) is 13.1. The second-order valence-electron chi connectivity index (χ2n) is 5.11. The van der Waals surface area contributed by atoms with E-state index < -0.39 is 0 Å². The lowest BCUT2D eigenvalue weighted by Gasteiger charge is -2.33. The third kappa shape index (κ3) is 2.16. The van der Waals surface area contributed by atoms with Crippen molar-refractivity contribution < 1.29 is 9.32 Å². The quantitative estimate of drug-likeness (QED) is 0.891. The number of carbonyl (C=O) groups excluding carboxylic acids is 1. The Hall–Kier alpha value is -1.95. The van der Waals surface area contributed by atoms with E-state index in [4.69, 9.17) is 4.52 Å². The van der Waals surface area contributed by atoms with Crippen LogP contribution in [0, 0.1) is 0 Å². The molecule has 3 rings (SSSR count). The molecule has 0 saturated carbocycles. The number of aromatic nitrogens is 2. The van der Waals surface area contributed by atoms with Gasteiger partial charge in [0.05, 0.1) is 16.6 Å². The van der Waals surface area contributed by atoms with Gasteiger partial charge < -0.3 is 14.7 Å². The van der Waals surface area contributed by atoms with Gasteiger partial charge in [-0.3, -0.25) is 4.79 Å². The summed E-state index contributed by atoms with van der Waals surface area (Å²) in [6.45, 7) is 6.44. The highest BCUT2D eigenvalue weighted by atomic mass is 16.5. The number of aryl methyl sites for hydroxylation is 1. The molecule has 20 heavy (non-hydrogen) atoms. The molecule has 2 aromatic rings. The van der Waals surface area contributed by atoms with Crippen LogP contribution in [0.2, 0.25) is 0 Å². The molecule has 1 amide bonds. The smallest absolute Gasteiger partial charge is 0.257 e. The number of pyridine rings is 1. The molecule has 0 bridgehead atoms. The Morgan fingerprint density at radius 1 is 1.60 bits per heavy atom. The summed E-state index contributed by atoms with van der Waals surface area (Å²) in [5.41, 5.74) is 1.94. The van der Waals surface area contributed by atoms with Crippen molar-refractivity contribution in [3.05, 3.63) is 23.5 Å². The van der Waals surface area contributed by atoms with E-state index in [1.54, 1.807) is 6.20 Å². The molecule has 0 radical (unpaired) electrons. The van der Waals surface area contributed by atoms with Crippen molar-refractivity contribution in [1.82, 2.24) is 20.4 Å². The Morgan fingerprint density at radius 3 is 3.20 bits per heavy atom. The maximum Gasteiger partial charge on any atom is 0.257 e. The highest BCUT2D eigenvalue weighted by Crippen LogP contribution is 2.19. The van der Waals surface area contributed by atoms with Crippen molar-refractivity contribution in [3.63, 3.8) is 0 Å². The second kappa shape index (κ2) is 5.20. The Bertz CT molecular complexity index is 637. The Morgan fingerprint density at radius 2 is 2.45 bits per heavy atom. The molecule has 1 aliphatic heterocycles. The van der Waals surface area contributed by atoms with Gasteiger partial charge >= 0.3 is 0 Å². The predicted molar refractivity (Wildman–Crippen MR) is 74.6 cm³/mol. The number of hydrogen-bond donors (Lipinski definition) is 1. The first-order valence-corrected chi connectivity index (χ1v) is 6.96. The summed E-state index contributed by atoms with van der Waals surface area (Å²) in [5.74, 6) is 0.0247. The van der Waals surface area contributed by atoms with Gasteiger partial charge in [0.25, 0.3) is 11.6 Å². The molecule has 1 saturated heterocycles. The first-order valence-electron chi connectivity index (χ1n) is 6.96. The zero-order valence-corrected chi connectivity index (χ0v) is 11.7. The number of nitrogens with zero attached hydrogens (tertiary/aromatic N) is 3. The number of piperazine rings is 1. The third-order valence-electron chi connectivity index (χ3n) is 3.75. The molecule has 2 aromatic heterocycles. The van der Waals surface area contributed by atoms with Gasteiger partial charge in [-0.2, -0.15) is 0 Å². The predicted octanol–water partition coefficient (Wildman–Crippen LogP) is 1.22. The summed E-state index contributed by atoms with van der Waals surface area (Å²) in [5, 5.41) is 8.08. The van der Waals surface area contributed by atoms with E-state index in [1.807, 2.05) is 24.8 Å². The second-order valence-corrected chi connectivity index (χ2v) is 5.11. The van der Waals surface area contributed by atoms with Crippen LogP contribution < -0.4 is 5.32 Å². The van der Waals surface area contributed by atoms with E-state index in [9.17, 15) is 4.79 Å². The number of amides is 1. The van der Waals surface area contributed by atoms with Crippen LogP contribution in [0.25, 0.3) is 11.1 Å². The Labute approximate surface area is 117 Å². The third-order valence-corrected chi connectivity index (χ3v) is 3.75. The maximum atomic E-state index is 12.6. The van der Waals surface area contributed by atoms with E-state index in [0.29, 0.717) is 11.3 Å². The summed E-state index contributed by atoms with van der Waals surface area (Å²) in [7, 11) is 0. The van der Waals surface area contributed by atoms with Crippen LogP contribution in [0.15, 0.2) is 16.8 Å². The standard InChI is InChI=1S/C14H18N4O2/c1-3-12-11-6-10(8-16-13(11)20-17-12)14(19)18-5-4-15-7-9(18)2/h6,8-9,15H,3-5,7H2,1-2H3. The average Bonchev–Trinajstić information content (AvgIpc) is 2.89. The van der Waals surface area contributed by atoms with Crippen molar-refractivity contribution in [1.29, 1.82) is 0 Å². The molecule has 0 spiro atoms. The molecule has 6 heteroatoms. The fourth-order valence-corrected chi connectivity index (χ4v) is 2.56. The molecule has 6 nitrogen and oxygen atoms in total. The highest BCUT2D eigenvalue weighted by Gasteiger charge is 2.25. The van der Waals surface area contributed by atoms with Gasteiger partial charge in [-0.25, -0.2) is 4.98 Å². The summed E-state index contributed by atoms with van der Waals surface area (Å²) in [6, 6.07) is 2.04. The summed E-state index contributed by atoms with van der Waals surface area (Å²) >= 11 is 0. The van der Waals surface area contributed by atoms with Gasteiger partial charge in [-0.05, 0) is 19.4 Å². The van der Waals surface area contributed by atoms with Crippen molar-refractivity contribution in [2.75, 3.05) is 19.6 Å². The largest absolute Gasteiger partial charge is 0.336 e. The number of rotatable bonds is 2. The SMILES string of the molecule is CCc1noc2ncc(C(=O)N3CCNCC3C)cc12. The number of fused-ring (bicyclic) bond motifs is 1. The fourth-order valence-electron chi connectivity index (χ4n) is 2.56. The maximum absolute atomic E-state index is 12.6. The van der Waals surface area contributed by atoms with Gasteiger partial charge in [0.15, 0.2) is 0 Å². The number of carbonyl (C=O) groups is 1. The molecule has 3 heterocycles. The fraction of sp³-hybridized carbons (Fsp3) is 0.500. The van der Waals surface area contributed by atoms with E-state index in [-0.39, 0.29) is 11.9 Å². The van der Waals surface area contributed by atoms with E-state index in [0.717, 1.165) is 37.1 Å². The van der Waals surface area contributed by atoms with Crippen molar-refractivity contribution in [3.8, 4) is 0 Å². The normalized spacial score (nSPS) is 19.5. The van der Waals surface area contributed by atoms with Crippen molar-refractivity contribution in [2.45, 2.75) is 26.3 Å². The minimum absolute atomic E-state index is 0.0247. The number of nitrogens with one attached hydrogen (secondary N) is 1. The summed E-state index contributed by atoms with van der Waals surface area (Å²) in [6.07, 6.45) is 2.33. The van der Waals surface area contributed by atoms with Crippen molar-refractivity contribution >= 4 is 17.0 Å². The topological polar surface area (TPSA) is 71.3 Å². The zero-order chi connectivity index (χ0) is 14.1.